The fourth-order valence-electron chi connectivity index (χ4n) is 5.74. The maximum Gasteiger partial charge on any atom is 0.202 e. The van der Waals surface area contributed by atoms with Gasteiger partial charge in [-0.3, -0.25) is 9.59 Å². The van der Waals surface area contributed by atoms with E-state index in [0.29, 0.717) is 6.42 Å². The third-order valence-corrected chi connectivity index (χ3v) is 7.88. The molecule has 0 amide bonds. The smallest absolute Gasteiger partial charge is 0.202 e. The van der Waals surface area contributed by atoms with Crippen LogP contribution in [0.15, 0.2) is 18.2 Å². The van der Waals surface area contributed by atoms with Crippen molar-refractivity contribution in [2.24, 2.45) is 5.73 Å². The summed E-state index contributed by atoms with van der Waals surface area (Å²) in [6.45, 7) is 3.44. The first-order valence-electron chi connectivity index (χ1n) is 12.3. The van der Waals surface area contributed by atoms with Gasteiger partial charge in [-0.2, -0.15) is 0 Å². The van der Waals surface area contributed by atoms with Gasteiger partial charge in [-0.15, -0.1) is 12.4 Å². The normalized spacial score (nSPS) is 30.1. The van der Waals surface area contributed by atoms with E-state index >= 15 is 0 Å². The third kappa shape index (κ3) is 4.25. The number of carbonyl (C=O) groups is 2. The standard InChI is InChI=1S/C27H31NO9.ClH/c1-4-27(34)9-13-19(16(10-27)37-17-8-14(28)22(29)11(2)36-17)26(33)21-20(24(13)31)23(30)12-6-5-7-15(35-3)18(12)25(21)32;/h5-7,11,14,16-17,22,29,31,33-34H,4,8-10,28H2,1-3H3;1H/t11-,14?,16-,17-,22+,27-;/m0./s1. The highest BCUT2D eigenvalue weighted by molar-refractivity contribution is 6.31. The van der Waals surface area contributed by atoms with Gasteiger partial charge in [0.2, 0.25) is 5.78 Å². The highest BCUT2D eigenvalue weighted by Crippen LogP contribution is 2.52. The number of rotatable bonds is 4. The number of ether oxygens (including phenoxy) is 3. The third-order valence-electron chi connectivity index (χ3n) is 7.88. The molecule has 3 aliphatic rings. The van der Waals surface area contributed by atoms with Crippen molar-refractivity contribution in [1.29, 1.82) is 0 Å². The van der Waals surface area contributed by atoms with Crippen molar-refractivity contribution in [3.05, 3.63) is 51.6 Å². The van der Waals surface area contributed by atoms with Crippen LogP contribution in [0, 0.1) is 0 Å². The molecule has 11 heteroatoms. The number of fused-ring (bicyclic) bond motifs is 3. The summed E-state index contributed by atoms with van der Waals surface area (Å²) >= 11 is 0. The van der Waals surface area contributed by atoms with Crippen LogP contribution in [0.3, 0.4) is 0 Å². The Morgan fingerprint density at radius 3 is 2.45 bits per heavy atom. The van der Waals surface area contributed by atoms with Crippen LogP contribution in [0.4, 0.5) is 0 Å². The van der Waals surface area contributed by atoms with Crippen molar-refractivity contribution in [3.63, 3.8) is 0 Å². The number of aliphatic hydroxyl groups is 2. The van der Waals surface area contributed by atoms with Gasteiger partial charge in [-0.25, -0.2) is 0 Å². The van der Waals surface area contributed by atoms with Gasteiger partial charge in [0, 0.05) is 42.0 Å². The van der Waals surface area contributed by atoms with Crippen LogP contribution in [-0.4, -0.2) is 69.2 Å². The highest BCUT2D eigenvalue weighted by Gasteiger charge is 2.47. The van der Waals surface area contributed by atoms with Crippen molar-refractivity contribution < 1.29 is 44.2 Å². The maximum absolute atomic E-state index is 13.6. The van der Waals surface area contributed by atoms with Gasteiger partial charge in [0.05, 0.1) is 47.7 Å². The molecule has 0 bridgehead atoms. The lowest BCUT2D eigenvalue weighted by atomic mass is 9.72. The Morgan fingerprint density at radius 2 is 1.82 bits per heavy atom. The number of aromatic hydroxyl groups is 2. The summed E-state index contributed by atoms with van der Waals surface area (Å²) in [5.41, 5.74) is 4.39. The van der Waals surface area contributed by atoms with E-state index in [0.717, 1.165) is 0 Å². The Hall–Kier alpha value is -2.73. The first-order valence-corrected chi connectivity index (χ1v) is 12.3. The average molecular weight is 550 g/mol. The van der Waals surface area contributed by atoms with Crippen molar-refractivity contribution in [3.8, 4) is 17.2 Å². The number of hydrogen-bond acceptors (Lipinski definition) is 10. The van der Waals surface area contributed by atoms with Gasteiger partial charge in [0.15, 0.2) is 12.1 Å². The van der Waals surface area contributed by atoms with Crippen molar-refractivity contribution in [2.75, 3.05) is 7.11 Å². The molecule has 5 rings (SSSR count). The number of halogens is 1. The van der Waals surface area contributed by atoms with Crippen molar-refractivity contribution >= 4 is 24.0 Å². The zero-order valence-electron chi connectivity index (χ0n) is 21.3. The molecule has 2 aromatic carbocycles. The van der Waals surface area contributed by atoms with E-state index < -0.39 is 59.3 Å². The summed E-state index contributed by atoms with van der Waals surface area (Å²) < 4.78 is 17.3. The zero-order valence-corrected chi connectivity index (χ0v) is 22.1. The molecule has 206 valence electrons. The fourth-order valence-corrected chi connectivity index (χ4v) is 5.74. The van der Waals surface area contributed by atoms with Crippen LogP contribution in [0.5, 0.6) is 17.2 Å². The topological polar surface area (TPSA) is 169 Å². The van der Waals surface area contributed by atoms with E-state index in [9.17, 15) is 30.0 Å². The molecular weight excluding hydrogens is 518 g/mol. The minimum atomic E-state index is -1.32. The van der Waals surface area contributed by atoms with E-state index in [1.54, 1.807) is 19.9 Å². The summed E-state index contributed by atoms with van der Waals surface area (Å²) in [7, 11) is 1.37. The molecule has 38 heavy (non-hydrogen) atoms. The first-order chi connectivity index (χ1) is 17.5. The molecule has 1 unspecified atom stereocenters. The number of aliphatic hydroxyl groups excluding tert-OH is 1. The fraction of sp³-hybridized carbons (Fsp3) is 0.481. The molecule has 2 aliphatic carbocycles. The van der Waals surface area contributed by atoms with E-state index in [4.69, 9.17) is 19.9 Å². The van der Waals surface area contributed by atoms with Crippen molar-refractivity contribution in [1.82, 2.24) is 0 Å². The van der Waals surface area contributed by atoms with Crippen LogP contribution in [0.25, 0.3) is 0 Å². The summed E-state index contributed by atoms with van der Waals surface area (Å²) in [5, 5.41) is 44.3. The van der Waals surface area contributed by atoms with E-state index in [-0.39, 0.29) is 70.8 Å². The van der Waals surface area contributed by atoms with Gasteiger partial charge in [0.25, 0.3) is 0 Å². The van der Waals surface area contributed by atoms with Gasteiger partial charge < -0.3 is 40.4 Å². The quantitative estimate of drug-likeness (QED) is 0.304. The summed E-state index contributed by atoms with van der Waals surface area (Å²) in [5.74, 6) is -2.09. The maximum atomic E-state index is 13.6. The van der Waals surface area contributed by atoms with E-state index in [1.807, 2.05) is 0 Å². The SMILES string of the molecule is CC[C@]1(O)Cc2c(O)c3c(c(O)c2[C@@H](O[C@H]2CC(N)[C@H](O)[C@H](C)O2)C1)C(=O)c1c(OC)cccc1C3=O.Cl. The Labute approximate surface area is 225 Å². The van der Waals surface area contributed by atoms with Crippen LogP contribution >= 0.6 is 12.4 Å². The Balaban J connectivity index is 0.00000336. The van der Waals surface area contributed by atoms with Gasteiger partial charge in [-0.05, 0) is 19.4 Å². The van der Waals surface area contributed by atoms with E-state index in [2.05, 4.69) is 0 Å². The van der Waals surface area contributed by atoms with Crippen LogP contribution in [0.2, 0.25) is 0 Å². The molecule has 0 aromatic heterocycles. The second-order valence-electron chi connectivity index (χ2n) is 10.1. The minimum Gasteiger partial charge on any atom is -0.507 e. The number of phenolic OH excluding ortho intramolecular Hbond substituents is 2. The molecule has 10 nitrogen and oxygen atoms in total. The number of hydrogen-bond donors (Lipinski definition) is 5. The number of ketones is 2. The van der Waals surface area contributed by atoms with Crippen LogP contribution < -0.4 is 10.5 Å². The lowest BCUT2D eigenvalue weighted by Gasteiger charge is -2.42. The largest absolute Gasteiger partial charge is 0.507 e. The molecule has 1 aliphatic heterocycles. The summed E-state index contributed by atoms with van der Waals surface area (Å²) in [6, 6.07) is 3.95. The lowest BCUT2D eigenvalue weighted by Crippen LogP contribution is -2.52. The molecule has 0 saturated carbocycles. The highest BCUT2D eigenvalue weighted by atomic mass is 35.5. The average Bonchev–Trinajstić information content (AvgIpc) is 2.87. The van der Waals surface area contributed by atoms with Gasteiger partial charge in [-0.1, -0.05) is 19.1 Å². The Morgan fingerprint density at radius 1 is 1.13 bits per heavy atom. The predicted molar refractivity (Wildman–Crippen MR) is 137 cm³/mol. The number of carbonyl (C=O) groups excluding carboxylic acids is 2. The number of benzene rings is 2. The monoisotopic (exact) mass is 549 g/mol. The van der Waals surface area contributed by atoms with Crippen LogP contribution in [-0.2, 0) is 15.9 Å². The summed E-state index contributed by atoms with van der Waals surface area (Å²) in [4.78, 5) is 27.1. The minimum absolute atomic E-state index is 0. The number of phenols is 2. The molecule has 1 fully saturated rings. The molecule has 2 aromatic rings. The Bertz CT molecular complexity index is 1290. The van der Waals surface area contributed by atoms with Crippen LogP contribution in [0.1, 0.15) is 82.2 Å². The molecule has 1 heterocycles. The molecule has 6 N–H and O–H groups in total. The summed E-state index contributed by atoms with van der Waals surface area (Å²) in [6.07, 6.45) is -2.93. The van der Waals surface area contributed by atoms with E-state index in [1.165, 1.54) is 19.2 Å². The molecule has 0 radical (unpaired) electrons. The molecule has 1 saturated heterocycles. The first kappa shape index (κ1) is 28.3. The lowest BCUT2D eigenvalue weighted by molar-refractivity contribution is -0.247. The second kappa shape index (κ2) is 10.1. The Kier molecular flexibility index (Phi) is 7.52. The van der Waals surface area contributed by atoms with Gasteiger partial charge in [0.1, 0.15) is 17.2 Å². The molecular formula is C27H32ClNO9. The molecule has 6 atom stereocenters. The zero-order chi connectivity index (χ0) is 26.8. The predicted octanol–water partition coefficient (Wildman–Crippen LogP) is 2.27. The van der Waals surface area contributed by atoms with Crippen molar-refractivity contribution in [2.45, 2.75) is 75.8 Å². The number of nitrogens with two attached hydrogens (primary N) is 1. The second-order valence-corrected chi connectivity index (χ2v) is 10.1. The molecule has 0 spiro atoms. The van der Waals surface area contributed by atoms with Gasteiger partial charge >= 0.3 is 0 Å². The number of methoxy groups -OCH3 is 1.